The van der Waals surface area contributed by atoms with Gasteiger partial charge in [0.05, 0.1) is 11.8 Å². The van der Waals surface area contributed by atoms with Crippen molar-refractivity contribution in [3.05, 3.63) is 35.9 Å². The normalized spacial score (nSPS) is 28.1. The Morgan fingerprint density at radius 1 is 1.38 bits per heavy atom. The van der Waals surface area contributed by atoms with Crippen LogP contribution in [-0.4, -0.2) is 41.2 Å². The number of hydrazone groups is 1. The van der Waals surface area contributed by atoms with Gasteiger partial charge in [-0.25, -0.2) is 0 Å². The summed E-state index contributed by atoms with van der Waals surface area (Å²) in [6.45, 7) is 7.36. The van der Waals surface area contributed by atoms with Crippen molar-refractivity contribution in [1.29, 1.82) is 0 Å². The molecule has 1 aromatic carbocycles. The predicted octanol–water partition coefficient (Wildman–Crippen LogP) is 2.96. The van der Waals surface area contributed by atoms with Crippen LogP contribution in [0.1, 0.15) is 45.6 Å². The van der Waals surface area contributed by atoms with Crippen molar-refractivity contribution in [3.63, 3.8) is 0 Å². The van der Waals surface area contributed by atoms with Crippen molar-refractivity contribution in [2.24, 2.45) is 11.0 Å². The number of hydrogen-bond acceptors (Lipinski definition) is 5. The van der Waals surface area contributed by atoms with Crippen LogP contribution in [0.5, 0.6) is 0 Å². The highest BCUT2D eigenvalue weighted by Crippen LogP contribution is 2.44. The summed E-state index contributed by atoms with van der Waals surface area (Å²) < 4.78 is 0. The first kappa shape index (κ1) is 18.9. The van der Waals surface area contributed by atoms with Crippen LogP contribution in [0.4, 0.5) is 0 Å². The Labute approximate surface area is 145 Å². The minimum Gasteiger partial charge on any atom is -0.396 e. The van der Waals surface area contributed by atoms with Gasteiger partial charge in [0.1, 0.15) is 5.60 Å². The van der Waals surface area contributed by atoms with E-state index in [-0.39, 0.29) is 12.1 Å². The van der Waals surface area contributed by atoms with Crippen LogP contribution in [0, 0.1) is 5.92 Å². The van der Waals surface area contributed by atoms with E-state index < -0.39 is 5.60 Å². The maximum atomic E-state index is 9.71. The fourth-order valence-corrected chi connectivity index (χ4v) is 3.80. The van der Waals surface area contributed by atoms with Gasteiger partial charge < -0.3 is 10.5 Å². The molecule has 0 aromatic heterocycles. The molecule has 5 nitrogen and oxygen atoms in total. The summed E-state index contributed by atoms with van der Waals surface area (Å²) in [6.07, 6.45) is 4.32. The van der Waals surface area contributed by atoms with Gasteiger partial charge in [0.2, 0.25) is 0 Å². The zero-order chi connectivity index (χ0) is 17.6. The Hall–Kier alpha value is -1.43. The van der Waals surface area contributed by atoms with Crippen molar-refractivity contribution >= 4 is 6.21 Å². The van der Waals surface area contributed by atoms with Gasteiger partial charge in [-0.2, -0.15) is 10.2 Å². The molecule has 1 aromatic rings. The summed E-state index contributed by atoms with van der Waals surface area (Å²) in [4.78, 5) is 6.36. The molecule has 2 atom stereocenters. The lowest BCUT2D eigenvalue weighted by Gasteiger charge is -2.37. The van der Waals surface area contributed by atoms with Crippen LogP contribution in [0.2, 0.25) is 0 Å². The number of aliphatic hydroxyl groups is 1. The average molecular weight is 333 g/mol. The van der Waals surface area contributed by atoms with Crippen molar-refractivity contribution in [3.8, 4) is 0 Å². The van der Waals surface area contributed by atoms with Gasteiger partial charge in [-0.1, -0.05) is 44.2 Å². The average Bonchev–Trinajstić information content (AvgIpc) is 2.78. The van der Waals surface area contributed by atoms with Gasteiger partial charge in [-0.3, -0.25) is 4.84 Å². The fraction of sp³-hybridized carbons (Fsp3) is 0.632. The van der Waals surface area contributed by atoms with Gasteiger partial charge in [0, 0.05) is 26.6 Å². The van der Waals surface area contributed by atoms with Crippen molar-refractivity contribution in [1.82, 2.24) is 10.5 Å². The minimum absolute atomic E-state index is 0.153. The molecule has 1 aliphatic rings. The third kappa shape index (κ3) is 4.56. The highest BCUT2D eigenvalue weighted by atomic mass is 16.7. The molecule has 0 unspecified atom stereocenters. The van der Waals surface area contributed by atoms with Crippen LogP contribution in [0.25, 0.3) is 0 Å². The van der Waals surface area contributed by atoms with E-state index in [0.29, 0.717) is 18.9 Å². The Kier molecular flexibility index (Phi) is 6.38. The van der Waals surface area contributed by atoms with Gasteiger partial charge in [0.15, 0.2) is 0 Å². The SMILES string of the molecule is CN/N=C/[C@@]1(C)C[C@@](CCO)(CC(C)C)N(Cc2ccccc2)O1. The van der Waals surface area contributed by atoms with E-state index >= 15 is 0 Å². The molecule has 1 saturated heterocycles. The van der Waals surface area contributed by atoms with E-state index in [2.05, 4.69) is 48.5 Å². The summed E-state index contributed by atoms with van der Waals surface area (Å²) in [7, 11) is 1.78. The molecule has 1 aliphatic heterocycles. The molecule has 0 amide bonds. The Morgan fingerprint density at radius 3 is 2.67 bits per heavy atom. The summed E-state index contributed by atoms with van der Waals surface area (Å²) in [5.41, 5.74) is 3.36. The quantitative estimate of drug-likeness (QED) is 0.567. The molecule has 24 heavy (non-hydrogen) atoms. The molecular weight excluding hydrogens is 302 g/mol. The van der Waals surface area contributed by atoms with Gasteiger partial charge in [-0.05, 0) is 31.2 Å². The lowest BCUT2D eigenvalue weighted by atomic mass is 9.78. The molecule has 1 heterocycles. The fourth-order valence-electron chi connectivity index (χ4n) is 3.80. The molecule has 0 saturated carbocycles. The molecule has 134 valence electrons. The molecule has 0 bridgehead atoms. The van der Waals surface area contributed by atoms with E-state index in [1.165, 1.54) is 5.56 Å². The van der Waals surface area contributed by atoms with E-state index in [0.717, 1.165) is 12.8 Å². The topological polar surface area (TPSA) is 57.1 Å². The number of benzene rings is 1. The Balaban J connectivity index is 2.31. The van der Waals surface area contributed by atoms with Crippen LogP contribution < -0.4 is 5.43 Å². The number of hydrogen-bond donors (Lipinski definition) is 2. The van der Waals surface area contributed by atoms with Crippen molar-refractivity contribution in [2.45, 2.75) is 57.7 Å². The summed E-state index contributed by atoms with van der Waals surface area (Å²) in [5.74, 6) is 0.516. The van der Waals surface area contributed by atoms with E-state index in [1.807, 2.05) is 24.4 Å². The Morgan fingerprint density at radius 2 is 2.08 bits per heavy atom. The molecule has 0 aliphatic carbocycles. The van der Waals surface area contributed by atoms with Crippen LogP contribution >= 0.6 is 0 Å². The third-order valence-electron chi connectivity index (χ3n) is 4.53. The highest BCUT2D eigenvalue weighted by molar-refractivity contribution is 5.68. The first-order chi connectivity index (χ1) is 11.4. The first-order valence-corrected chi connectivity index (χ1v) is 8.75. The van der Waals surface area contributed by atoms with Gasteiger partial charge in [0.25, 0.3) is 0 Å². The smallest absolute Gasteiger partial charge is 0.126 e. The molecule has 0 radical (unpaired) electrons. The number of rotatable bonds is 8. The molecule has 1 fully saturated rings. The lowest BCUT2D eigenvalue weighted by molar-refractivity contribution is -0.211. The maximum absolute atomic E-state index is 9.71. The summed E-state index contributed by atoms with van der Waals surface area (Å²) in [6, 6.07) is 10.3. The lowest BCUT2D eigenvalue weighted by Crippen LogP contribution is -2.44. The number of nitrogens with one attached hydrogen (secondary N) is 1. The largest absolute Gasteiger partial charge is 0.396 e. The Bertz CT molecular complexity index is 535. The number of hydroxylamine groups is 2. The second kappa shape index (κ2) is 8.10. The zero-order valence-electron chi connectivity index (χ0n) is 15.3. The molecule has 2 rings (SSSR count). The predicted molar refractivity (Wildman–Crippen MR) is 97.5 cm³/mol. The van der Waals surface area contributed by atoms with E-state index in [9.17, 15) is 5.11 Å². The summed E-state index contributed by atoms with van der Waals surface area (Å²) in [5, 5.41) is 16.0. The van der Waals surface area contributed by atoms with Gasteiger partial charge >= 0.3 is 0 Å². The molecule has 2 N–H and O–H groups in total. The number of aliphatic hydroxyl groups excluding tert-OH is 1. The second-order valence-electron chi connectivity index (χ2n) is 7.38. The van der Waals surface area contributed by atoms with Gasteiger partial charge in [-0.15, -0.1) is 0 Å². The number of nitrogens with zero attached hydrogens (tertiary/aromatic N) is 2. The van der Waals surface area contributed by atoms with Crippen molar-refractivity contribution in [2.75, 3.05) is 13.7 Å². The maximum Gasteiger partial charge on any atom is 0.126 e. The molecule has 0 spiro atoms. The molecule has 5 heteroatoms. The van der Waals surface area contributed by atoms with Crippen molar-refractivity contribution < 1.29 is 9.94 Å². The third-order valence-corrected chi connectivity index (χ3v) is 4.53. The van der Waals surface area contributed by atoms with Crippen LogP contribution in [0.15, 0.2) is 35.4 Å². The standard InChI is InChI=1S/C19H31N3O2/c1-16(2)12-19(10-11-23)14-18(3,15-21-20-4)24-22(19)13-17-8-6-5-7-9-17/h5-9,15-16,20,23H,10-14H2,1-4H3/b21-15+/t18-,19-/m1/s1. The van der Waals surface area contributed by atoms with Crippen LogP contribution in [0.3, 0.4) is 0 Å². The van der Waals surface area contributed by atoms with Crippen LogP contribution in [-0.2, 0) is 11.4 Å². The van der Waals surface area contributed by atoms with E-state index in [1.54, 1.807) is 7.05 Å². The first-order valence-electron chi connectivity index (χ1n) is 8.75. The zero-order valence-corrected chi connectivity index (χ0v) is 15.3. The minimum atomic E-state index is -0.470. The molecular formula is C19H31N3O2. The highest BCUT2D eigenvalue weighted by Gasteiger charge is 2.52. The second-order valence-corrected chi connectivity index (χ2v) is 7.38. The monoisotopic (exact) mass is 333 g/mol. The van der Waals surface area contributed by atoms with E-state index in [4.69, 9.17) is 4.84 Å². The summed E-state index contributed by atoms with van der Waals surface area (Å²) >= 11 is 0.